The van der Waals surface area contributed by atoms with Crippen LogP contribution in [0.25, 0.3) is 10.2 Å². The molecule has 7 heteroatoms. The molecular weight excluding hydrogens is 312 g/mol. The van der Waals surface area contributed by atoms with Crippen LogP contribution in [0.4, 0.5) is 0 Å². The van der Waals surface area contributed by atoms with Crippen molar-refractivity contribution in [2.45, 2.75) is 26.7 Å². The van der Waals surface area contributed by atoms with Crippen LogP contribution in [0.5, 0.6) is 0 Å². The molecule has 0 saturated heterocycles. The van der Waals surface area contributed by atoms with Crippen molar-refractivity contribution in [3.05, 3.63) is 46.1 Å². The van der Waals surface area contributed by atoms with Crippen LogP contribution in [-0.2, 0) is 11.8 Å². The van der Waals surface area contributed by atoms with Crippen molar-refractivity contribution in [1.82, 2.24) is 15.1 Å². The zero-order valence-electron chi connectivity index (χ0n) is 13.5. The van der Waals surface area contributed by atoms with Crippen LogP contribution < -0.4 is 10.2 Å². The molecule has 6 nitrogen and oxygen atoms in total. The quantitative estimate of drug-likeness (QED) is 0.750. The first-order valence-electron chi connectivity index (χ1n) is 7.30. The molecule has 0 aliphatic rings. The maximum absolute atomic E-state index is 12.4. The van der Waals surface area contributed by atoms with Gasteiger partial charge in [0.05, 0.1) is 21.8 Å². The number of nitrogens with one attached hydrogen (secondary N) is 1. The molecule has 1 atom stereocenters. The highest BCUT2D eigenvalue weighted by Gasteiger charge is 2.22. The third-order valence-electron chi connectivity index (χ3n) is 3.89. The number of nitrogens with zero attached hydrogens (tertiary/aromatic N) is 3. The maximum Gasteiger partial charge on any atom is 0.247 e. The first kappa shape index (κ1) is 15.5. The first-order valence-corrected chi connectivity index (χ1v) is 8.11. The molecule has 3 rings (SSSR count). The standard InChI is InChI=1S/C16H18N4O2S/c1-9(14-10(2)19-22-11(14)3)15(21)17-18-16-20(4)12-7-5-6-8-13(12)23-16/h5-9H,1-4H3,(H,17,21)/t9-/m1/s1. The molecule has 0 aliphatic carbocycles. The summed E-state index contributed by atoms with van der Waals surface area (Å²) < 4.78 is 8.21. The Kier molecular flexibility index (Phi) is 4.04. The molecule has 0 saturated carbocycles. The van der Waals surface area contributed by atoms with Gasteiger partial charge in [-0.2, -0.15) is 0 Å². The first-order chi connectivity index (χ1) is 11.0. The average molecular weight is 330 g/mol. The number of thiazole rings is 1. The summed E-state index contributed by atoms with van der Waals surface area (Å²) in [5.41, 5.74) is 5.29. The molecule has 2 aromatic heterocycles. The summed E-state index contributed by atoms with van der Waals surface area (Å²) in [5.74, 6) is 0.110. The predicted octanol–water partition coefficient (Wildman–Crippen LogP) is 2.58. The normalized spacial score (nSPS) is 13.5. The molecule has 1 N–H and O–H groups in total. The molecule has 3 aromatic rings. The fourth-order valence-corrected chi connectivity index (χ4v) is 3.61. The van der Waals surface area contributed by atoms with Crippen molar-refractivity contribution in [2.75, 3.05) is 0 Å². The Morgan fingerprint density at radius 2 is 2.13 bits per heavy atom. The van der Waals surface area contributed by atoms with E-state index in [9.17, 15) is 4.79 Å². The van der Waals surface area contributed by atoms with Gasteiger partial charge in [0.2, 0.25) is 10.7 Å². The van der Waals surface area contributed by atoms with E-state index >= 15 is 0 Å². The summed E-state index contributed by atoms with van der Waals surface area (Å²) >= 11 is 1.53. The number of fused-ring (bicyclic) bond motifs is 1. The Labute approximate surface area is 137 Å². The van der Waals surface area contributed by atoms with E-state index in [2.05, 4.69) is 15.7 Å². The lowest BCUT2D eigenvalue weighted by Crippen LogP contribution is -2.27. The van der Waals surface area contributed by atoms with Crippen molar-refractivity contribution < 1.29 is 9.32 Å². The number of aromatic nitrogens is 2. The summed E-state index contributed by atoms with van der Waals surface area (Å²) in [6.07, 6.45) is 0. The summed E-state index contributed by atoms with van der Waals surface area (Å²) in [5, 5.41) is 8.16. The average Bonchev–Trinajstić information content (AvgIpc) is 3.05. The van der Waals surface area contributed by atoms with E-state index < -0.39 is 0 Å². The van der Waals surface area contributed by atoms with Crippen molar-refractivity contribution >= 4 is 27.5 Å². The predicted molar refractivity (Wildman–Crippen MR) is 88.9 cm³/mol. The molecule has 2 heterocycles. The topological polar surface area (TPSA) is 72.4 Å². The fourth-order valence-electron chi connectivity index (χ4n) is 2.63. The molecule has 120 valence electrons. The monoisotopic (exact) mass is 330 g/mol. The summed E-state index contributed by atoms with van der Waals surface area (Å²) in [4.78, 5) is 13.1. The van der Waals surface area contributed by atoms with E-state index in [1.807, 2.05) is 56.7 Å². The summed E-state index contributed by atoms with van der Waals surface area (Å²) in [7, 11) is 1.93. The molecular formula is C16H18N4O2S. The number of hydrogen-bond acceptors (Lipinski definition) is 5. The molecule has 0 radical (unpaired) electrons. The number of para-hydroxylation sites is 1. The summed E-state index contributed by atoms with van der Waals surface area (Å²) in [6, 6.07) is 8.03. The number of aryl methyl sites for hydroxylation is 3. The lowest BCUT2D eigenvalue weighted by atomic mass is 9.99. The van der Waals surface area contributed by atoms with Gasteiger partial charge in [-0.05, 0) is 32.9 Å². The van der Waals surface area contributed by atoms with Gasteiger partial charge in [0.1, 0.15) is 5.76 Å². The van der Waals surface area contributed by atoms with Crippen molar-refractivity contribution in [2.24, 2.45) is 12.1 Å². The Morgan fingerprint density at radius 1 is 1.39 bits per heavy atom. The minimum atomic E-state index is -0.371. The molecule has 0 aliphatic heterocycles. The number of hydrogen-bond donors (Lipinski definition) is 1. The highest BCUT2D eigenvalue weighted by atomic mass is 32.1. The number of carbonyl (C=O) groups excluding carboxylic acids is 1. The Bertz CT molecular complexity index is 916. The van der Waals surface area contributed by atoms with Crippen molar-refractivity contribution in [3.63, 3.8) is 0 Å². The SMILES string of the molecule is Cc1noc(C)c1[C@@H](C)C(=O)NN=c1sc2ccccc2n1C. The number of benzene rings is 1. The Balaban J connectivity index is 1.86. The Hall–Kier alpha value is -2.41. The van der Waals surface area contributed by atoms with Crippen LogP contribution in [0.1, 0.15) is 29.9 Å². The van der Waals surface area contributed by atoms with E-state index in [-0.39, 0.29) is 11.8 Å². The lowest BCUT2D eigenvalue weighted by Gasteiger charge is -2.08. The minimum absolute atomic E-state index is 0.183. The number of rotatable bonds is 3. The highest BCUT2D eigenvalue weighted by Crippen LogP contribution is 2.23. The van der Waals surface area contributed by atoms with Gasteiger partial charge in [-0.15, -0.1) is 5.10 Å². The van der Waals surface area contributed by atoms with Crippen molar-refractivity contribution in [1.29, 1.82) is 0 Å². The van der Waals surface area contributed by atoms with Crippen LogP contribution in [0.2, 0.25) is 0 Å². The smallest absolute Gasteiger partial charge is 0.247 e. The van der Waals surface area contributed by atoms with Crippen LogP contribution >= 0.6 is 11.3 Å². The van der Waals surface area contributed by atoms with Gasteiger partial charge in [-0.25, -0.2) is 5.43 Å². The van der Waals surface area contributed by atoms with E-state index in [1.54, 1.807) is 0 Å². The molecule has 1 aromatic carbocycles. The largest absolute Gasteiger partial charge is 0.361 e. The third kappa shape index (κ3) is 2.79. The van der Waals surface area contributed by atoms with E-state index in [4.69, 9.17) is 4.52 Å². The van der Waals surface area contributed by atoms with Gasteiger partial charge >= 0.3 is 0 Å². The van der Waals surface area contributed by atoms with E-state index in [0.29, 0.717) is 5.76 Å². The molecule has 1 amide bonds. The highest BCUT2D eigenvalue weighted by molar-refractivity contribution is 7.16. The molecule has 0 fully saturated rings. The molecule has 23 heavy (non-hydrogen) atoms. The van der Waals surface area contributed by atoms with Gasteiger partial charge in [0.25, 0.3) is 0 Å². The zero-order valence-corrected chi connectivity index (χ0v) is 14.3. The van der Waals surface area contributed by atoms with Gasteiger partial charge in [-0.3, -0.25) is 4.79 Å². The van der Waals surface area contributed by atoms with Gasteiger partial charge in [0.15, 0.2) is 0 Å². The fraction of sp³-hybridized carbons (Fsp3) is 0.312. The van der Waals surface area contributed by atoms with Crippen LogP contribution in [-0.4, -0.2) is 15.6 Å². The Morgan fingerprint density at radius 3 is 2.78 bits per heavy atom. The van der Waals surface area contributed by atoms with Crippen LogP contribution in [0.15, 0.2) is 33.9 Å². The zero-order chi connectivity index (χ0) is 16.6. The molecule has 0 unspecified atom stereocenters. The van der Waals surface area contributed by atoms with Crippen LogP contribution in [0, 0.1) is 13.8 Å². The third-order valence-corrected chi connectivity index (χ3v) is 5.00. The van der Waals surface area contributed by atoms with Gasteiger partial charge < -0.3 is 9.09 Å². The second-order valence-corrected chi connectivity index (χ2v) is 6.47. The maximum atomic E-state index is 12.4. The van der Waals surface area contributed by atoms with Gasteiger partial charge in [-0.1, -0.05) is 28.6 Å². The molecule has 0 spiro atoms. The minimum Gasteiger partial charge on any atom is -0.361 e. The molecule has 0 bridgehead atoms. The second-order valence-electron chi connectivity index (χ2n) is 5.46. The van der Waals surface area contributed by atoms with E-state index in [1.165, 1.54) is 11.3 Å². The van der Waals surface area contributed by atoms with Crippen molar-refractivity contribution in [3.8, 4) is 0 Å². The number of amides is 1. The van der Waals surface area contributed by atoms with Gasteiger partial charge in [0, 0.05) is 12.6 Å². The van der Waals surface area contributed by atoms with E-state index in [0.717, 1.165) is 26.3 Å². The lowest BCUT2D eigenvalue weighted by molar-refractivity contribution is -0.122. The second kappa shape index (κ2) is 6.00. The summed E-state index contributed by atoms with van der Waals surface area (Å²) in [6.45, 7) is 5.46. The number of carbonyl (C=O) groups is 1. The van der Waals surface area contributed by atoms with Crippen LogP contribution in [0.3, 0.4) is 0 Å².